The molecule has 3 aromatic rings. The molecule has 0 spiro atoms. The first kappa shape index (κ1) is 20.0. The summed E-state index contributed by atoms with van der Waals surface area (Å²) in [6.45, 7) is 3.36. The second-order valence-electron chi connectivity index (χ2n) is 5.94. The van der Waals surface area contributed by atoms with E-state index < -0.39 is 0 Å². The van der Waals surface area contributed by atoms with Gasteiger partial charge in [0.25, 0.3) is 0 Å². The van der Waals surface area contributed by atoms with Crippen molar-refractivity contribution >= 4 is 35.6 Å². The number of guanidine groups is 1. The van der Waals surface area contributed by atoms with E-state index in [1.54, 1.807) is 6.20 Å². The third-order valence-corrected chi connectivity index (χ3v) is 3.94. The Morgan fingerprint density at radius 2 is 1.77 bits per heavy atom. The van der Waals surface area contributed by atoms with Crippen LogP contribution in [0.5, 0.6) is 0 Å². The fraction of sp³-hybridized carbons (Fsp3) is 0.200. The first-order valence-electron chi connectivity index (χ1n) is 8.33. The number of anilines is 1. The molecule has 1 heterocycles. The van der Waals surface area contributed by atoms with Crippen LogP contribution in [0.3, 0.4) is 0 Å². The summed E-state index contributed by atoms with van der Waals surface area (Å²) in [5.41, 5.74) is 4.53. The summed E-state index contributed by atoms with van der Waals surface area (Å²) in [7, 11) is 1.94. The van der Waals surface area contributed by atoms with E-state index >= 15 is 0 Å². The molecule has 0 aliphatic carbocycles. The Balaban J connectivity index is 0.00000243. The summed E-state index contributed by atoms with van der Waals surface area (Å²) in [5.74, 6) is 0.743. The Labute approximate surface area is 171 Å². The molecule has 2 aromatic carbocycles. The van der Waals surface area contributed by atoms with Gasteiger partial charge in [-0.05, 0) is 30.7 Å². The van der Waals surface area contributed by atoms with E-state index in [1.807, 2.05) is 48.1 Å². The molecule has 0 aliphatic rings. The van der Waals surface area contributed by atoms with Gasteiger partial charge < -0.3 is 10.6 Å². The van der Waals surface area contributed by atoms with Crippen molar-refractivity contribution in [1.82, 2.24) is 15.1 Å². The SMILES string of the molecule is Cc1ccc(CN=C(NCc2ccnn2C)Nc2ccccc2)cc1.I. The zero-order valence-corrected chi connectivity index (χ0v) is 17.3. The predicted octanol–water partition coefficient (Wildman–Crippen LogP) is 4.10. The van der Waals surface area contributed by atoms with E-state index in [0.717, 1.165) is 17.3 Å². The number of nitrogens with zero attached hydrogens (tertiary/aromatic N) is 3. The van der Waals surface area contributed by atoms with Crippen molar-refractivity contribution in [2.24, 2.45) is 12.0 Å². The average Bonchev–Trinajstić information content (AvgIpc) is 3.04. The second kappa shape index (κ2) is 9.96. The van der Waals surface area contributed by atoms with Crippen LogP contribution in [-0.4, -0.2) is 15.7 Å². The lowest BCUT2D eigenvalue weighted by atomic mass is 10.1. The van der Waals surface area contributed by atoms with Gasteiger partial charge in [0.05, 0.1) is 18.8 Å². The van der Waals surface area contributed by atoms with Crippen LogP contribution < -0.4 is 10.6 Å². The lowest BCUT2D eigenvalue weighted by Crippen LogP contribution is -2.31. The highest BCUT2D eigenvalue weighted by Gasteiger charge is 2.03. The number of rotatable bonds is 5. The molecule has 0 saturated carbocycles. The molecule has 0 saturated heterocycles. The average molecular weight is 461 g/mol. The predicted molar refractivity (Wildman–Crippen MR) is 118 cm³/mol. The van der Waals surface area contributed by atoms with E-state index in [2.05, 4.69) is 46.9 Å². The van der Waals surface area contributed by atoms with Crippen LogP contribution in [0.4, 0.5) is 5.69 Å². The van der Waals surface area contributed by atoms with E-state index in [-0.39, 0.29) is 24.0 Å². The van der Waals surface area contributed by atoms with Crippen LogP contribution in [-0.2, 0) is 20.1 Å². The molecular formula is C20H24IN5. The van der Waals surface area contributed by atoms with Gasteiger partial charge in [-0.1, -0.05) is 48.0 Å². The number of nitrogens with one attached hydrogen (secondary N) is 2. The number of halogens is 1. The molecule has 0 aliphatic heterocycles. The monoisotopic (exact) mass is 461 g/mol. The molecule has 0 radical (unpaired) electrons. The Morgan fingerprint density at radius 1 is 1.04 bits per heavy atom. The highest BCUT2D eigenvalue weighted by Crippen LogP contribution is 2.07. The highest BCUT2D eigenvalue weighted by molar-refractivity contribution is 14.0. The van der Waals surface area contributed by atoms with Crippen LogP contribution in [0.2, 0.25) is 0 Å². The molecule has 136 valence electrons. The number of benzene rings is 2. The molecule has 2 N–H and O–H groups in total. The summed E-state index contributed by atoms with van der Waals surface area (Å²) >= 11 is 0. The lowest BCUT2D eigenvalue weighted by Gasteiger charge is -2.13. The zero-order chi connectivity index (χ0) is 17.5. The van der Waals surface area contributed by atoms with Crippen molar-refractivity contribution in [3.05, 3.63) is 83.7 Å². The Morgan fingerprint density at radius 3 is 2.42 bits per heavy atom. The number of para-hydroxylation sites is 1. The van der Waals surface area contributed by atoms with Crippen molar-refractivity contribution in [2.75, 3.05) is 5.32 Å². The largest absolute Gasteiger partial charge is 0.350 e. The van der Waals surface area contributed by atoms with Gasteiger partial charge in [-0.25, -0.2) is 4.99 Å². The first-order chi connectivity index (χ1) is 12.2. The topological polar surface area (TPSA) is 54.2 Å². The maximum Gasteiger partial charge on any atom is 0.196 e. The van der Waals surface area contributed by atoms with Crippen molar-refractivity contribution in [3.63, 3.8) is 0 Å². The minimum absolute atomic E-state index is 0. The Hall–Kier alpha value is -2.35. The lowest BCUT2D eigenvalue weighted by molar-refractivity contribution is 0.692. The van der Waals surface area contributed by atoms with Crippen molar-refractivity contribution in [1.29, 1.82) is 0 Å². The first-order valence-corrected chi connectivity index (χ1v) is 8.33. The van der Waals surface area contributed by atoms with Gasteiger partial charge in [-0.15, -0.1) is 24.0 Å². The number of aromatic nitrogens is 2. The second-order valence-corrected chi connectivity index (χ2v) is 5.94. The van der Waals surface area contributed by atoms with Gasteiger partial charge in [0.15, 0.2) is 5.96 Å². The molecular weight excluding hydrogens is 437 g/mol. The molecule has 0 bridgehead atoms. The molecule has 0 amide bonds. The standard InChI is InChI=1S/C20H23N5.HI/c1-16-8-10-17(11-9-16)14-21-20(24-18-6-4-3-5-7-18)22-15-19-12-13-23-25(19)2;/h3-13H,14-15H2,1-2H3,(H2,21,22,24);1H. The summed E-state index contributed by atoms with van der Waals surface area (Å²) in [4.78, 5) is 4.71. The smallest absolute Gasteiger partial charge is 0.196 e. The minimum atomic E-state index is 0. The van der Waals surface area contributed by atoms with Crippen LogP contribution in [0, 0.1) is 6.92 Å². The molecule has 0 unspecified atom stereocenters. The summed E-state index contributed by atoms with van der Waals surface area (Å²) in [6, 6.07) is 20.5. The summed E-state index contributed by atoms with van der Waals surface area (Å²) in [6.07, 6.45) is 1.80. The molecule has 26 heavy (non-hydrogen) atoms. The molecule has 0 atom stereocenters. The fourth-order valence-electron chi connectivity index (χ4n) is 2.41. The number of hydrogen-bond donors (Lipinski definition) is 2. The van der Waals surface area contributed by atoms with Gasteiger partial charge in [0.2, 0.25) is 0 Å². The minimum Gasteiger partial charge on any atom is -0.350 e. The van der Waals surface area contributed by atoms with Crippen molar-refractivity contribution < 1.29 is 0 Å². The van der Waals surface area contributed by atoms with Gasteiger partial charge in [0, 0.05) is 18.9 Å². The zero-order valence-electron chi connectivity index (χ0n) is 15.0. The maximum atomic E-state index is 4.71. The van der Waals surface area contributed by atoms with E-state index in [9.17, 15) is 0 Å². The number of hydrogen-bond acceptors (Lipinski definition) is 2. The van der Waals surface area contributed by atoms with Crippen LogP contribution in [0.1, 0.15) is 16.8 Å². The molecule has 6 heteroatoms. The Kier molecular flexibility index (Phi) is 7.65. The third kappa shape index (κ3) is 5.87. The highest BCUT2D eigenvalue weighted by atomic mass is 127. The van der Waals surface area contributed by atoms with E-state index in [1.165, 1.54) is 11.1 Å². The maximum absolute atomic E-state index is 4.71. The van der Waals surface area contributed by atoms with Gasteiger partial charge >= 0.3 is 0 Å². The van der Waals surface area contributed by atoms with Gasteiger partial charge in [-0.2, -0.15) is 5.10 Å². The van der Waals surface area contributed by atoms with E-state index in [4.69, 9.17) is 4.99 Å². The van der Waals surface area contributed by atoms with Crippen molar-refractivity contribution in [2.45, 2.75) is 20.0 Å². The molecule has 0 fully saturated rings. The quantitative estimate of drug-likeness (QED) is 0.342. The van der Waals surface area contributed by atoms with Gasteiger partial charge in [-0.3, -0.25) is 4.68 Å². The molecule has 5 nitrogen and oxygen atoms in total. The molecule has 3 rings (SSSR count). The number of aliphatic imine (C=N–C) groups is 1. The normalized spacial score (nSPS) is 10.9. The Bertz CT molecular complexity index is 825. The fourth-order valence-corrected chi connectivity index (χ4v) is 2.41. The van der Waals surface area contributed by atoms with Crippen LogP contribution in [0.15, 0.2) is 71.9 Å². The van der Waals surface area contributed by atoms with Gasteiger partial charge in [0.1, 0.15) is 0 Å². The van der Waals surface area contributed by atoms with Crippen LogP contribution >= 0.6 is 24.0 Å². The molecule has 1 aromatic heterocycles. The van der Waals surface area contributed by atoms with E-state index in [0.29, 0.717) is 13.1 Å². The van der Waals surface area contributed by atoms with Crippen molar-refractivity contribution in [3.8, 4) is 0 Å². The number of aryl methyl sites for hydroxylation is 2. The summed E-state index contributed by atoms with van der Waals surface area (Å²) in [5, 5.41) is 10.9. The van der Waals surface area contributed by atoms with Crippen LogP contribution in [0.25, 0.3) is 0 Å². The third-order valence-electron chi connectivity index (χ3n) is 3.94. The summed E-state index contributed by atoms with van der Waals surface area (Å²) < 4.78 is 1.85.